The Balaban J connectivity index is 1.30. The van der Waals surface area contributed by atoms with Crippen LogP contribution in [0.25, 0.3) is 16.3 Å². The lowest BCUT2D eigenvalue weighted by molar-refractivity contribution is 0.300. The van der Waals surface area contributed by atoms with Crippen molar-refractivity contribution in [2.24, 2.45) is 0 Å². The van der Waals surface area contributed by atoms with Gasteiger partial charge in [0.25, 0.3) is 10.0 Å². The Morgan fingerprint density at radius 1 is 0.935 bits per heavy atom. The lowest BCUT2D eigenvalue weighted by atomic mass is 9.99. The third kappa shape index (κ3) is 3.64. The molecule has 0 bridgehead atoms. The Hall–Kier alpha value is -2.05. The molecule has 7 heteroatoms. The monoisotopic (exact) mass is 472 g/mol. The third-order valence-electron chi connectivity index (χ3n) is 6.09. The van der Waals surface area contributed by atoms with Gasteiger partial charge in [-0.05, 0) is 36.1 Å². The lowest BCUT2D eigenvalue weighted by Crippen LogP contribution is -2.34. The van der Waals surface area contributed by atoms with Crippen LogP contribution in [0.15, 0.2) is 65.6 Å². The highest BCUT2D eigenvalue weighted by molar-refractivity contribution is 7.93. The zero-order chi connectivity index (χ0) is 21.6. The number of hydrogen-bond acceptors (Lipinski definition) is 3. The largest absolute Gasteiger partial charge is 0.299 e. The molecule has 160 valence electrons. The van der Waals surface area contributed by atoms with E-state index in [1.54, 1.807) is 18.2 Å². The van der Waals surface area contributed by atoms with Crippen molar-refractivity contribution in [3.05, 3.63) is 76.3 Å². The first kappa shape index (κ1) is 20.8. The summed E-state index contributed by atoms with van der Waals surface area (Å²) in [5, 5.41) is 2.20. The highest BCUT2D eigenvalue weighted by atomic mass is 35.5. The van der Waals surface area contributed by atoms with E-state index in [-0.39, 0.29) is 4.90 Å². The summed E-state index contributed by atoms with van der Waals surface area (Å²) < 4.78 is 27.9. The summed E-state index contributed by atoms with van der Waals surface area (Å²) in [6, 6.07) is 17.3. The van der Waals surface area contributed by atoms with Crippen LogP contribution in [0.1, 0.15) is 18.4 Å². The van der Waals surface area contributed by atoms with E-state index in [2.05, 4.69) is 35.2 Å². The summed E-state index contributed by atoms with van der Waals surface area (Å²) in [7, 11) is -3.63. The number of rotatable bonds is 5. The fourth-order valence-corrected chi connectivity index (χ4v) is 6.98. The van der Waals surface area contributed by atoms with Gasteiger partial charge in [0.2, 0.25) is 0 Å². The molecule has 0 aliphatic carbocycles. The summed E-state index contributed by atoms with van der Waals surface area (Å²) in [5.41, 5.74) is 3.22. The fraction of sp³-hybridized carbons (Fsp3) is 0.250. The highest BCUT2D eigenvalue weighted by Gasteiger charge is 2.37. The number of halogens is 2. The van der Waals surface area contributed by atoms with Crippen LogP contribution >= 0.6 is 23.2 Å². The minimum absolute atomic E-state index is 0.290. The van der Waals surface area contributed by atoms with Crippen molar-refractivity contribution in [1.82, 2.24) is 4.90 Å². The Morgan fingerprint density at radius 2 is 1.74 bits per heavy atom. The van der Waals surface area contributed by atoms with Crippen molar-refractivity contribution in [3.63, 3.8) is 0 Å². The Labute approximate surface area is 192 Å². The average molecular weight is 473 g/mol. The van der Waals surface area contributed by atoms with E-state index in [0.717, 1.165) is 37.9 Å². The maximum absolute atomic E-state index is 13.2. The minimum Gasteiger partial charge on any atom is -0.299 e. The second-order valence-electron chi connectivity index (χ2n) is 7.94. The van der Waals surface area contributed by atoms with Crippen molar-refractivity contribution in [2.45, 2.75) is 17.7 Å². The smallest absolute Gasteiger partial charge is 0.265 e. The van der Waals surface area contributed by atoms with Gasteiger partial charge in [-0.15, -0.1) is 0 Å². The van der Waals surface area contributed by atoms with Crippen molar-refractivity contribution >= 4 is 55.3 Å². The Morgan fingerprint density at radius 3 is 2.48 bits per heavy atom. The first-order valence-corrected chi connectivity index (χ1v) is 12.6. The van der Waals surface area contributed by atoms with Gasteiger partial charge in [0, 0.05) is 37.0 Å². The number of sulfonamides is 1. The Bertz CT molecular complexity index is 1290. The topological polar surface area (TPSA) is 40.6 Å². The van der Waals surface area contributed by atoms with Crippen LogP contribution in [0.3, 0.4) is 0 Å². The summed E-state index contributed by atoms with van der Waals surface area (Å²) in [6.07, 6.45) is 4.00. The van der Waals surface area contributed by atoms with Gasteiger partial charge in [-0.2, -0.15) is 0 Å². The van der Waals surface area contributed by atoms with Gasteiger partial charge >= 0.3 is 0 Å². The molecule has 31 heavy (non-hydrogen) atoms. The van der Waals surface area contributed by atoms with Crippen LogP contribution in [0.4, 0.5) is 5.69 Å². The van der Waals surface area contributed by atoms with Crippen LogP contribution in [0.5, 0.6) is 0 Å². The molecule has 2 heterocycles. The maximum atomic E-state index is 13.2. The quantitative estimate of drug-likeness (QED) is 0.468. The predicted molar refractivity (Wildman–Crippen MR) is 129 cm³/mol. The zero-order valence-electron chi connectivity index (χ0n) is 16.9. The van der Waals surface area contributed by atoms with Gasteiger partial charge in [-0.1, -0.05) is 71.7 Å². The standard InChI is InChI=1S/C24H22Cl2N2O2S/c25-20-16-21(26)24-23-19(20)8-4-9-22(23)31(29,30)28(24)13-5-12-27-14-10-18(11-15-27)17-6-2-1-3-7-17/h1-4,6-10,16H,5,11-15H2. The van der Waals surface area contributed by atoms with E-state index < -0.39 is 10.0 Å². The summed E-state index contributed by atoms with van der Waals surface area (Å²) >= 11 is 12.8. The molecule has 0 aromatic heterocycles. The first-order chi connectivity index (χ1) is 15.0. The Kier molecular flexibility index (Phi) is 5.47. The van der Waals surface area contributed by atoms with Gasteiger partial charge in [0.15, 0.2) is 0 Å². The molecule has 0 unspecified atom stereocenters. The third-order valence-corrected chi connectivity index (χ3v) is 8.53. The molecule has 3 aromatic rings. The van der Waals surface area contributed by atoms with Gasteiger partial charge in [-0.3, -0.25) is 9.21 Å². The molecule has 0 N–H and O–H groups in total. The molecule has 0 fully saturated rings. The maximum Gasteiger partial charge on any atom is 0.265 e. The molecule has 0 saturated heterocycles. The summed E-state index contributed by atoms with van der Waals surface area (Å²) in [6.45, 7) is 3.07. The summed E-state index contributed by atoms with van der Waals surface area (Å²) in [5.74, 6) is 0. The molecule has 0 spiro atoms. The number of hydrogen-bond donors (Lipinski definition) is 0. The van der Waals surface area contributed by atoms with E-state index in [9.17, 15) is 8.42 Å². The molecule has 0 atom stereocenters. The van der Waals surface area contributed by atoms with Gasteiger partial charge in [0.05, 0.1) is 20.6 Å². The highest BCUT2D eigenvalue weighted by Crippen LogP contribution is 2.48. The van der Waals surface area contributed by atoms with Crippen LogP contribution in [-0.4, -0.2) is 39.5 Å². The van der Waals surface area contributed by atoms with Crippen molar-refractivity contribution in [1.29, 1.82) is 0 Å². The molecule has 0 amide bonds. The average Bonchev–Trinajstić information content (AvgIpc) is 3.01. The van der Waals surface area contributed by atoms with Crippen molar-refractivity contribution in [3.8, 4) is 0 Å². The van der Waals surface area contributed by atoms with Crippen molar-refractivity contribution < 1.29 is 8.42 Å². The number of nitrogens with zero attached hydrogens (tertiary/aromatic N) is 2. The van der Waals surface area contributed by atoms with Crippen LogP contribution < -0.4 is 4.31 Å². The SMILES string of the molecule is O=S1(=O)c2cccc3c(Cl)cc(Cl)c(c23)N1CCCN1CC=C(c2ccccc2)CC1. The first-order valence-electron chi connectivity index (χ1n) is 10.4. The number of anilines is 1. The molecule has 0 radical (unpaired) electrons. The summed E-state index contributed by atoms with van der Waals surface area (Å²) in [4.78, 5) is 2.65. The predicted octanol–water partition coefficient (Wildman–Crippen LogP) is 5.83. The second-order valence-corrected chi connectivity index (χ2v) is 10.6. The van der Waals surface area contributed by atoms with E-state index >= 15 is 0 Å². The van der Waals surface area contributed by atoms with E-state index in [1.165, 1.54) is 15.4 Å². The molecule has 0 saturated carbocycles. The molecule has 4 nitrogen and oxygen atoms in total. The van der Waals surface area contributed by atoms with Crippen LogP contribution in [-0.2, 0) is 10.0 Å². The minimum atomic E-state index is -3.63. The van der Waals surface area contributed by atoms with Crippen LogP contribution in [0, 0.1) is 0 Å². The van der Waals surface area contributed by atoms with E-state index in [1.807, 2.05) is 12.1 Å². The molecule has 5 rings (SSSR count). The van der Waals surface area contributed by atoms with E-state index in [0.29, 0.717) is 27.7 Å². The zero-order valence-corrected chi connectivity index (χ0v) is 19.2. The van der Waals surface area contributed by atoms with Gasteiger partial charge < -0.3 is 0 Å². The fourth-order valence-electron chi connectivity index (χ4n) is 4.55. The van der Waals surface area contributed by atoms with Crippen LogP contribution in [0.2, 0.25) is 10.0 Å². The molecular weight excluding hydrogens is 451 g/mol. The number of benzene rings is 3. The molecular formula is C24H22Cl2N2O2S. The second kappa shape index (κ2) is 8.14. The van der Waals surface area contributed by atoms with Gasteiger partial charge in [0.1, 0.15) is 0 Å². The molecule has 2 aliphatic rings. The van der Waals surface area contributed by atoms with Crippen molar-refractivity contribution in [2.75, 3.05) is 30.5 Å². The normalized spacial score (nSPS) is 17.9. The molecule has 3 aromatic carbocycles. The lowest BCUT2D eigenvalue weighted by Gasteiger charge is -2.27. The van der Waals surface area contributed by atoms with E-state index in [4.69, 9.17) is 23.2 Å². The molecule has 2 aliphatic heterocycles. The van der Waals surface area contributed by atoms with Gasteiger partial charge in [-0.25, -0.2) is 8.42 Å².